The molecule has 0 spiro atoms. The minimum atomic E-state index is -0.418. The normalized spacial score (nSPS) is 10.1. The van der Waals surface area contributed by atoms with Crippen molar-refractivity contribution >= 4 is 45.2 Å². The minimum Gasteiger partial charge on any atom is -0.497 e. The lowest BCUT2D eigenvalue weighted by Crippen LogP contribution is -2.37. The van der Waals surface area contributed by atoms with Crippen LogP contribution in [0, 0.1) is 6.92 Å². The molecule has 0 aliphatic carbocycles. The first-order valence-electron chi connectivity index (χ1n) is 9.27. The summed E-state index contributed by atoms with van der Waals surface area (Å²) in [5.41, 5.74) is 2.22. The van der Waals surface area contributed by atoms with Crippen molar-refractivity contribution in [3.8, 4) is 5.75 Å². The summed E-state index contributed by atoms with van der Waals surface area (Å²) < 4.78 is 5.98. The molecule has 0 saturated carbocycles. The highest BCUT2D eigenvalue weighted by Gasteiger charge is 2.14. The lowest BCUT2D eigenvalue weighted by atomic mass is 10.2. The molecule has 2 rings (SSSR count). The molecule has 0 aliphatic rings. The number of methoxy groups -OCH3 is 1. The number of ether oxygens (including phenoxy) is 1. The van der Waals surface area contributed by atoms with Crippen molar-refractivity contribution in [2.45, 2.75) is 13.3 Å². The fourth-order valence-electron chi connectivity index (χ4n) is 2.58. The van der Waals surface area contributed by atoms with Gasteiger partial charge in [-0.15, -0.1) is 0 Å². The summed E-state index contributed by atoms with van der Waals surface area (Å²) in [7, 11) is 3.11. The van der Waals surface area contributed by atoms with Gasteiger partial charge in [0.2, 0.25) is 11.8 Å². The number of anilines is 2. The Morgan fingerprint density at radius 2 is 1.77 bits per heavy atom. The van der Waals surface area contributed by atoms with Crippen molar-refractivity contribution in [3.63, 3.8) is 0 Å². The van der Waals surface area contributed by atoms with E-state index < -0.39 is 6.03 Å². The van der Waals surface area contributed by atoms with Crippen LogP contribution in [0.5, 0.6) is 5.75 Å². The van der Waals surface area contributed by atoms with Crippen LogP contribution in [0.15, 0.2) is 46.9 Å². The molecule has 0 atom stereocenters. The van der Waals surface area contributed by atoms with E-state index in [4.69, 9.17) is 4.74 Å². The zero-order chi connectivity index (χ0) is 22.1. The average Bonchev–Trinajstić information content (AvgIpc) is 2.70. The Morgan fingerprint density at radius 3 is 2.40 bits per heavy atom. The third kappa shape index (κ3) is 7.40. The first kappa shape index (κ1) is 23.2. The molecule has 4 amide bonds. The molecule has 2 aromatic carbocycles. The Kier molecular flexibility index (Phi) is 8.67. The molecule has 30 heavy (non-hydrogen) atoms. The predicted molar refractivity (Wildman–Crippen MR) is 120 cm³/mol. The molecule has 0 aliphatic heterocycles. The number of hydrogen-bond acceptors (Lipinski definition) is 4. The monoisotopic (exact) mass is 476 g/mol. The number of nitrogens with zero attached hydrogens (tertiary/aromatic N) is 1. The summed E-state index contributed by atoms with van der Waals surface area (Å²) >= 11 is 3.38. The summed E-state index contributed by atoms with van der Waals surface area (Å²) in [6.07, 6.45) is 0.0805. The molecule has 0 radical (unpaired) electrons. The quantitative estimate of drug-likeness (QED) is 0.543. The van der Waals surface area contributed by atoms with Crippen LogP contribution in [-0.2, 0) is 9.59 Å². The second-order valence-electron chi connectivity index (χ2n) is 6.62. The number of carbonyl (C=O) groups excluding carboxylic acids is 3. The molecule has 9 heteroatoms. The van der Waals surface area contributed by atoms with Crippen LogP contribution in [-0.4, -0.2) is 50.0 Å². The van der Waals surface area contributed by atoms with Gasteiger partial charge in [0, 0.05) is 35.9 Å². The van der Waals surface area contributed by atoms with Crippen molar-refractivity contribution in [2.75, 3.05) is 37.9 Å². The van der Waals surface area contributed by atoms with E-state index in [9.17, 15) is 14.4 Å². The number of urea groups is 1. The molecule has 160 valence electrons. The van der Waals surface area contributed by atoms with Gasteiger partial charge in [0.05, 0.1) is 13.7 Å². The lowest BCUT2D eigenvalue weighted by molar-refractivity contribution is -0.133. The van der Waals surface area contributed by atoms with E-state index in [1.165, 1.54) is 4.90 Å². The lowest BCUT2D eigenvalue weighted by Gasteiger charge is -2.17. The van der Waals surface area contributed by atoms with E-state index in [0.29, 0.717) is 17.1 Å². The summed E-state index contributed by atoms with van der Waals surface area (Å²) in [5, 5.41) is 8.08. The van der Waals surface area contributed by atoms with Crippen molar-refractivity contribution < 1.29 is 19.1 Å². The Morgan fingerprint density at radius 1 is 1.07 bits per heavy atom. The first-order chi connectivity index (χ1) is 14.3. The standard InChI is InChI=1S/C21H25BrN4O4/c1-14-12-15(22)4-9-18(14)25-19(27)13-26(2)20(28)10-11-23-21(29)24-16-5-7-17(30-3)8-6-16/h4-9,12H,10-11,13H2,1-3H3,(H,25,27)(H2,23,24,29). The topological polar surface area (TPSA) is 99.8 Å². The van der Waals surface area contributed by atoms with Gasteiger partial charge in [-0.25, -0.2) is 4.79 Å². The van der Waals surface area contributed by atoms with E-state index >= 15 is 0 Å². The first-order valence-corrected chi connectivity index (χ1v) is 10.1. The summed E-state index contributed by atoms with van der Waals surface area (Å²) in [5.74, 6) is 0.151. The average molecular weight is 477 g/mol. The molecule has 0 aromatic heterocycles. The minimum absolute atomic E-state index is 0.0770. The molecule has 0 unspecified atom stereocenters. The maximum Gasteiger partial charge on any atom is 0.319 e. The zero-order valence-electron chi connectivity index (χ0n) is 17.1. The van der Waals surface area contributed by atoms with Crippen LogP contribution in [0.4, 0.5) is 16.2 Å². The second-order valence-corrected chi connectivity index (χ2v) is 7.53. The highest BCUT2D eigenvalue weighted by atomic mass is 79.9. The van der Waals surface area contributed by atoms with Gasteiger partial charge in [0.15, 0.2) is 0 Å². The summed E-state index contributed by atoms with van der Waals surface area (Å²) in [6.45, 7) is 1.96. The van der Waals surface area contributed by atoms with Gasteiger partial charge < -0.3 is 25.6 Å². The Balaban J connectivity index is 1.71. The van der Waals surface area contributed by atoms with Crippen molar-refractivity contribution in [1.29, 1.82) is 0 Å². The number of amides is 4. The Labute approximate surface area is 184 Å². The van der Waals surface area contributed by atoms with E-state index in [-0.39, 0.29) is 31.3 Å². The Hall–Kier alpha value is -3.07. The van der Waals surface area contributed by atoms with E-state index in [1.54, 1.807) is 44.5 Å². The SMILES string of the molecule is COc1ccc(NC(=O)NCCC(=O)N(C)CC(=O)Nc2ccc(Br)cc2C)cc1. The summed E-state index contributed by atoms with van der Waals surface area (Å²) in [6, 6.07) is 12.0. The molecule has 2 aromatic rings. The maximum absolute atomic E-state index is 12.2. The molecule has 0 fully saturated rings. The van der Waals surface area contributed by atoms with Crippen LogP contribution < -0.4 is 20.7 Å². The van der Waals surface area contributed by atoms with Gasteiger partial charge in [0.25, 0.3) is 0 Å². The number of halogens is 1. The van der Waals surface area contributed by atoms with E-state index in [2.05, 4.69) is 31.9 Å². The van der Waals surface area contributed by atoms with Gasteiger partial charge in [-0.05, 0) is 55.0 Å². The zero-order valence-corrected chi connectivity index (χ0v) is 18.7. The molecule has 8 nitrogen and oxygen atoms in total. The molecule has 3 N–H and O–H groups in total. The van der Waals surface area contributed by atoms with Crippen LogP contribution in [0.2, 0.25) is 0 Å². The molecular formula is C21H25BrN4O4. The van der Waals surface area contributed by atoms with Crippen LogP contribution in [0.25, 0.3) is 0 Å². The second kappa shape index (κ2) is 11.2. The number of aryl methyl sites for hydroxylation is 1. The number of likely N-dealkylation sites (N-methyl/N-ethyl adjacent to an activating group) is 1. The van der Waals surface area contributed by atoms with Crippen molar-refractivity contribution in [3.05, 3.63) is 52.5 Å². The number of nitrogens with one attached hydrogen (secondary N) is 3. The van der Waals surface area contributed by atoms with Gasteiger partial charge >= 0.3 is 6.03 Å². The van der Waals surface area contributed by atoms with Gasteiger partial charge in [-0.3, -0.25) is 9.59 Å². The van der Waals surface area contributed by atoms with Gasteiger partial charge in [-0.2, -0.15) is 0 Å². The third-order valence-electron chi connectivity index (χ3n) is 4.24. The van der Waals surface area contributed by atoms with E-state index in [1.807, 2.05) is 19.1 Å². The molecule has 0 saturated heterocycles. The largest absolute Gasteiger partial charge is 0.497 e. The molecule has 0 bridgehead atoms. The fraction of sp³-hybridized carbons (Fsp3) is 0.286. The van der Waals surface area contributed by atoms with Crippen LogP contribution in [0.1, 0.15) is 12.0 Å². The van der Waals surface area contributed by atoms with Crippen LogP contribution in [0.3, 0.4) is 0 Å². The summed E-state index contributed by atoms with van der Waals surface area (Å²) in [4.78, 5) is 37.6. The van der Waals surface area contributed by atoms with Gasteiger partial charge in [-0.1, -0.05) is 15.9 Å². The fourth-order valence-corrected chi connectivity index (χ4v) is 3.06. The maximum atomic E-state index is 12.2. The number of benzene rings is 2. The van der Waals surface area contributed by atoms with E-state index in [0.717, 1.165) is 10.0 Å². The highest BCUT2D eigenvalue weighted by Crippen LogP contribution is 2.20. The number of hydrogen-bond donors (Lipinski definition) is 3. The Bertz CT molecular complexity index is 902. The van der Waals surface area contributed by atoms with Crippen molar-refractivity contribution in [1.82, 2.24) is 10.2 Å². The smallest absolute Gasteiger partial charge is 0.319 e. The third-order valence-corrected chi connectivity index (χ3v) is 4.73. The van der Waals surface area contributed by atoms with Crippen molar-refractivity contribution in [2.24, 2.45) is 0 Å². The number of carbonyl (C=O) groups is 3. The predicted octanol–water partition coefficient (Wildman–Crippen LogP) is 3.37. The number of rotatable bonds is 8. The highest BCUT2D eigenvalue weighted by molar-refractivity contribution is 9.10. The van der Waals surface area contributed by atoms with Gasteiger partial charge in [0.1, 0.15) is 5.75 Å². The van der Waals surface area contributed by atoms with Crippen LogP contribution >= 0.6 is 15.9 Å². The molecular weight excluding hydrogens is 452 g/mol. The molecule has 0 heterocycles.